The van der Waals surface area contributed by atoms with E-state index in [1.165, 1.54) is 6.26 Å². The van der Waals surface area contributed by atoms with Crippen LogP contribution in [0.15, 0.2) is 48.8 Å². The lowest BCUT2D eigenvalue weighted by molar-refractivity contribution is 0.597. The zero-order valence-electron chi connectivity index (χ0n) is 10.5. The number of sulfone groups is 1. The molecule has 0 spiro atoms. The average Bonchev–Trinajstić information content (AvgIpc) is 2.39. The Balaban J connectivity index is 2.25. The Morgan fingerprint density at radius 3 is 2.32 bits per heavy atom. The molecule has 1 atom stereocenters. The van der Waals surface area contributed by atoms with Crippen molar-refractivity contribution in [2.24, 2.45) is 0 Å². The predicted octanol–water partition coefficient (Wildman–Crippen LogP) is 1.67. The van der Waals surface area contributed by atoms with E-state index in [1.54, 1.807) is 18.5 Å². The molecule has 6 heteroatoms. The van der Waals surface area contributed by atoms with E-state index in [0.717, 1.165) is 5.56 Å². The molecule has 1 aromatic carbocycles. The van der Waals surface area contributed by atoms with Crippen LogP contribution in [0.4, 0.5) is 5.95 Å². The smallest absolute Gasteiger partial charge is 0.223 e. The summed E-state index contributed by atoms with van der Waals surface area (Å²) in [5.41, 5.74) is 0.889. The molecule has 1 aromatic heterocycles. The van der Waals surface area contributed by atoms with Crippen LogP contribution in [-0.4, -0.2) is 30.4 Å². The summed E-state index contributed by atoms with van der Waals surface area (Å²) < 4.78 is 23.0. The van der Waals surface area contributed by atoms with Gasteiger partial charge in [0.25, 0.3) is 0 Å². The second-order valence-electron chi connectivity index (χ2n) is 4.27. The standard InChI is InChI=1S/C13H15N3O2S/c1-19(17,18)10-12(11-6-3-2-4-7-11)16-13-14-8-5-9-15-13/h2-9,12H,10H2,1H3,(H,14,15,16)/t12-/m1/s1. The van der Waals surface area contributed by atoms with Gasteiger partial charge in [-0.05, 0) is 11.6 Å². The molecule has 0 saturated carbocycles. The second-order valence-corrected chi connectivity index (χ2v) is 6.46. The molecule has 0 saturated heterocycles. The number of hydrogen-bond donors (Lipinski definition) is 1. The summed E-state index contributed by atoms with van der Waals surface area (Å²) in [6, 6.07) is 10.7. The topological polar surface area (TPSA) is 72.0 Å². The summed E-state index contributed by atoms with van der Waals surface area (Å²) >= 11 is 0. The number of rotatable bonds is 5. The first kappa shape index (κ1) is 13.5. The molecule has 0 aliphatic rings. The maximum Gasteiger partial charge on any atom is 0.223 e. The minimum Gasteiger partial charge on any atom is -0.346 e. The van der Waals surface area contributed by atoms with E-state index in [-0.39, 0.29) is 11.8 Å². The van der Waals surface area contributed by atoms with Crippen LogP contribution in [0.3, 0.4) is 0 Å². The third-order valence-electron chi connectivity index (χ3n) is 2.54. The molecule has 0 unspecified atom stereocenters. The molecule has 100 valence electrons. The van der Waals surface area contributed by atoms with E-state index < -0.39 is 9.84 Å². The van der Waals surface area contributed by atoms with Crippen LogP contribution in [0.5, 0.6) is 0 Å². The lowest BCUT2D eigenvalue weighted by atomic mass is 10.1. The molecule has 0 radical (unpaired) electrons. The lowest BCUT2D eigenvalue weighted by Gasteiger charge is -2.18. The highest BCUT2D eigenvalue weighted by molar-refractivity contribution is 7.90. The first-order valence-corrected chi connectivity index (χ1v) is 7.87. The maximum absolute atomic E-state index is 11.5. The van der Waals surface area contributed by atoms with Crippen molar-refractivity contribution in [3.63, 3.8) is 0 Å². The third-order valence-corrected chi connectivity index (χ3v) is 3.48. The summed E-state index contributed by atoms with van der Waals surface area (Å²) in [5.74, 6) is 0.412. The second kappa shape index (κ2) is 5.79. The van der Waals surface area contributed by atoms with Gasteiger partial charge in [-0.15, -0.1) is 0 Å². The summed E-state index contributed by atoms with van der Waals surface area (Å²) in [6.07, 6.45) is 4.44. The van der Waals surface area contributed by atoms with Gasteiger partial charge in [0.15, 0.2) is 0 Å². The minimum absolute atomic E-state index is 0.00469. The third kappa shape index (κ3) is 4.33. The monoisotopic (exact) mass is 277 g/mol. The normalized spacial score (nSPS) is 12.9. The first-order chi connectivity index (χ1) is 9.04. The van der Waals surface area contributed by atoms with Gasteiger partial charge in [-0.1, -0.05) is 30.3 Å². The summed E-state index contributed by atoms with van der Waals surface area (Å²) in [5, 5.41) is 3.05. The molecule has 0 bridgehead atoms. The van der Waals surface area contributed by atoms with E-state index >= 15 is 0 Å². The zero-order valence-corrected chi connectivity index (χ0v) is 11.3. The molecule has 0 aliphatic carbocycles. The highest BCUT2D eigenvalue weighted by Crippen LogP contribution is 2.18. The van der Waals surface area contributed by atoms with Crippen LogP contribution in [-0.2, 0) is 9.84 Å². The number of hydrogen-bond acceptors (Lipinski definition) is 5. The Morgan fingerprint density at radius 2 is 1.74 bits per heavy atom. The van der Waals surface area contributed by atoms with Crippen LogP contribution >= 0.6 is 0 Å². The average molecular weight is 277 g/mol. The van der Waals surface area contributed by atoms with E-state index in [1.807, 2.05) is 30.3 Å². The van der Waals surface area contributed by atoms with Crippen LogP contribution in [0.1, 0.15) is 11.6 Å². The number of anilines is 1. The van der Waals surface area contributed by atoms with Gasteiger partial charge >= 0.3 is 0 Å². The largest absolute Gasteiger partial charge is 0.346 e. The van der Waals surface area contributed by atoms with Crippen molar-refractivity contribution in [3.05, 3.63) is 54.4 Å². The Hall–Kier alpha value is -1.95. The van der Waals surface area contributed by atoms with Gasteiger partial charge < -0.3 is 5.32 Å². The lowest BCUT2D eigenvalue weighted by Crippen LogP contribution is -2.21. The van der Waals surface area contributed by atoms with E-state index in [0.29, 0.717) is 5.95 Å². The van der Waals surface area contributed by atoms with Crippen molar-refractivity contribution in [1.29, 1.82) is 0 Å². The fourth-order valence-corrected chi connectivity index (χ4v) is 2.62. The quantitative estimate of drug-likeness (QED) is 0.900. The van der Waals surface area contributed by atoms with Gasteiger partial charge in [-0.25, -0.2) is 18.4 Å². The summed E-state index contributed by atoms with van der Waals surface area (Å²) in [4.78, 5) is 8.11. The molecule has 1 N–H and O–H groups in total. The molecule has 0 fully saturated rings. The van der Waals surface area contributed by atoms with Gasteiger partial charge in [0.05, 0.1) is 11.8 Å². The van der Waals surface area contributed by atoms with Crippen LogP contribution in [0.25, 0.3) is 0 Å². The predicted molar refractivity (Wildman–Crippen MR) is 74.5 cm³/mol. The van der Waals surface area contributed by atoms with Crippen molar-refractivity contribution >= 4 is 15.8 Å². The van der Waals surface area contributed by atoms with Crippen molar-refractivity contribution in [2.45, 2.75) is 6.04 Å². The van der Waals surface area contributed by atoms with Crippen molar-refractivity contribution in [3.8, 4) is 0 Å². The highest BCUT2D eigenvalue weighted by atomic mass is 32.2. The number of benzene rings is 1. The SMILES string of the molecule is CS(=O)(=O)C[C@@H](Nc1ncccn1)c1ccccc1. The van der Waals surface area contributed by atoms with Crippen LogP contribution in [0, 0.1) is 0 Å². The van der Waals surface area contributed by atoms with Gasteiger partial charge in [0.1, 0.15) is 9.84 Å². The summed E-state index contributed by atoms with van der Waals surface area (Å²) in [6.45, 7) is 0. The van der Waals surface area contributed by atoms with E-state index in [2.05, 4.69) is 15.3 Å². The van der Waals surface area contributed by atoms with Crippen molar-refractivity contribution in [2.75, 3.05) is 17.3 Å². The fourth-order valence-electron chi connectivity index (χ4n) is 1.74. The first-order valence-electron chi connectivity index (χ1n) is 5.81. The number of nitrogens with zero attached hydrogens (tertiary/aromatic N) is 2. The molecule has 5 nitrogen and oxygen atoms in total. The van der Waals surface area contributed by atoms with E-state index in [4.69, 9.17) is 0 Å². The molecular weight excluding hydrogens is 262 g/mol. The Bertz CT molecular complexity index is 615. The van der Waals surface area contributed by atoms with Crippen molar-refractivity contribution < 1.29 is 8.42 Å². The van der Waals surface area contributed by atoms with Gasteiger partial charge in [0.2, 0.25) is 5.95 Å². The molecule has 0 aliphatic heterocycles. The number of nitrogens with one attached hydrogen (secondary N) is 1. The van der Waals surface area contributed by atoms with Crippen LogP contribution < -0.4 is 5.32 Å². The molecule has 2 rings (SSSR count). The molecule has 2 aromatic rings. The fraction of sp³-hybridized carbons (Fsp3) is 0.231. The molecule has 0 amide bonds. The molecule has 19 heavy (non-hydrogen) atoms. The van der Waals surface area contributed by atoms with Gasteiger partial charge in [-0.3, -0.25) is 0 Å². The minimum atomic E-state index is -3.11. The summed E-state index contributed by atoms with van der Waals surface area (Å²) in [7, 11) is -3.11. The maximum atomic E-state index is 11.5. The Kier molecular flexibility index (Phi) is 4.11. The zero-order chi connectivity index (χ0) is 13.7. The van der Waals surface area contributed by atoms with Crippen molar-refractivity contribution in [1.82, 2.24) is 9.97 Å². The highest BCUT2D eigenvalue weighted by Gasteiger charge is 2.17. The Morgan fingerprint density at radius 1 is 1.11 bits per heavy atom. The van der Waals surface area contributed by atoms with E-state index in [9.17, 15) is 8.42 Å². The van der Waals surface area contributed by atoms with Crippen LogP contribution in [0.2, 0.25) is 0 Å². The molecular formula is C13H15N3O2S. The van der Waals surface area contributed by atoms with Gasteiger partial charge in [0, 0.05) is 18.6 Å². The molecule has 1 heterocycles. The Labute approximate surface area is 112 Å². The number of aromatic nitrogens is 2. The van der Waals surface area contributed by atoms with Gasteiger partial charge in [-0.2, -0.15) is 0 Å².